The van der Waals surface area contributed by atoms with E-state index in [1.165, 1.54) is 11.3 Å². The summed E-state index contributed by atoms with van der Waals surface area (Å²) in [6, 6.07) is 13.2. The van der Waals surface area contributed by atoms with Gasteiger partial charge in [-0.3, -0.25) is 4.79 Å². The molecule has 1 heterocycles. The lowest BCUT2D eigenvalue weighted by Gasteiger charge is -2.15. The molecule has 1 aliphatic rings. The smallest absolute Gasteiger partial charge is 0.251 e. The molecule has 1 atom stereocenters. The van der Waals surface area contributed by atoms with Crippen molar-refractivity contribution < 1.29 is 4.79 Å². The van der Waals surface area contributed by atoms with Gasteiger partial charge < -0.3 is 10.6 Å². The van der Waals surface area contributed by atoms with Crippen molar-refractivity contribution in [1.82, 2.24) is 5.32 Å². The number of anilines is 1. The zero-order chi connectivity index (χ0) is 14.8. The van der Waals surface area contributed by atoms with E-state index >= 15 is 0 Å². The lowest BCUT2D eigenvalue weighted by molar-refractivity contribution is 0.0940. The first kappa shape index (κ1) is 14.0. The molecular formula is C17H17ClN2O. The summed E-state index contributed by atoms with van der Waals surface area (Å²) in [5, 5.41) is 6.99. The number of benzene rings is 2. The molecule has 0 bridgehead atoms. The molecule has 0 fully saturated rings. The quantitative estimate of drug-likeness (QED) is 0.905. The van der Waals surface area contributed by atoms with Gasteiger partial charge in [0.1, 0.15) is 0 Å². The third-order valence-corrected chi connectivity index (χ3v) is 4.05. The van der Waals surface area contributed by atoms with Crippen molar-refractivity contribution in [2.24, 2.45) is 0 Å². The molecule has 21 heavy (non-hydrogen) atoms. The minimum absolute atomic E-state index is 0.0286. The van der Waals surface area contributed by atoms with Crippen LogP contribution < -0.4 is 10.6 Å². The van der Waals surface area contributed by atoms with Crippen LogP contribution >= 0.6 is 11.6 Å². The van der Waals surface area contributed by atoms with Crippen molar-refractivity contribution in [2.75, 3.05) is 11.9 Å². The first-order chi connectivity index (χ1) is 10.1. The van der Waals surface area contributed by atoms with Gasteiger partial charge in [0.25, 0.3) is 5.91 Å². The number of hydrogen-bond acceptors (Lipinski definition) is 2. The van der Waals surface area contributed by atoms with E-state index in [1.54, 1.807) is 24.3 Å². The normalized spacial score (nSPS) is 14.2. The van der Waals surface area contributed by atoms with E-state index in [4.69, 9.17) is 11.6 Å². The SMILES string of the molecule is C[C@H](NC(=O)c1ccc(Cl)cc1)c1ccc2c(c1)CCN2. The predicted octanol–water partition coefficient (Wildman–Crippen LogP) is 3.80. The maximum absolute atomic E-state index is 12.2. The molecule has 0 aliphatic carbocycles. The summed E-state index contributed by atoms with van der Waals surface area (Å²) in [7, 11) is 0. The van der Waals surface area contributed by atoms with Gasteiger partial charge >= 0.3 is 0 Å². The summed E-state index contributed by atoms with van der Waals surface area (Å²) >= 11 is 5.83. The molecule has 0 spiro atoms. The summed E-state index contributed by atoms with van der Waals surface area (Å²) in [4.78, 5) is 12.2. The van der Waals surface area contributed by atoms with Crippen LogP contribution in [0.15, 0.2) is 42.5 Å². The molecule has 0 saturated heterocycles. The van der Waals surface area contributed by atoms with Crippen molar-refractivity contribution in [3.8, 4) is 0 Å². The molecule has 3 rings (SSSR count). The molecule has 3 nitrogen and oxygen atoms in total. The van der Waals surface area contributed by atoms with Gasteiger partial charge in [-0.25, -0.2) is 0 Å². The number of amides is 1. The first-order valence-corrected chi connectivity index (χ1v) is 7.44. The van der Waals surface area contributed by atoms with Crippen molar-refractivity contribution in [1.29, 1.82) is 0 Å². The fourth-order valence-electron chi connectivity index (χ4n) is 2.56. The van der Waals surface area contributed by atoms with Crippen LogP contribution in [-0.4, -0.2) is 12.5 Å². The molecule has 4 heteroatoms. The van der Waals surface area contributed by atoms with E-state index in [2.05, 4.69) is 28.8 Å². The number of carbonyl (C=O) groups excluding carboxylic acids is 1. The average molecular weight is 301 g/mol. The average Bonchev–Trinajstić information content (AvgIpc) is 2.95. The molecule has 1 aliphatic heterocycles. The highest BCUT2D eigenvalue weighted by Crippen LogP contribution is 2.25. The van der Waals surface area contributed by atoms with Gasteiger partial charge in [-0.2, -0.15) is 0 Å². The Morgan fingerprint density at radius 3 is 2.76 bits per heavy atom. The molecule has 0 radical (unpaired) electrons. The Bertz CT molecular complexity index is 667. The second-order valence-corrected chi connectivity index (χ2v) is 5.73. The molecule has 2 N–H and O–H groups in total. The number of hydrogen-bond donors (Lipinski definition) is 2. The highest BCUT2D eigenvalue weighted by Gasteiger charge is 2.15. The van der Waals surface area contributed by atoms with Crippen LogP contribution in [0.3, 0.4) is 0 Å². The highest BCUT2D eigenvalue weighted by atomic mass is 35.5. The van der Waals surface area contributed by atoms with E-state index in [9.17, 15) is 4.79 Å². The standard InChI is InChI=1S/C17H17ClN2O/c1-11(13-4-7-16-14(10-13)8-9-19-16)20-17(21)12-2-5-15(18)6-3-12/h2-7,10-11,19H,8-9H2,1H3,(H,20,21)/t11-/m0/s1. The van der Waals surface area contributed by atoms with Crippen LogP contribution in [-0.2, 0) is 6.42 Å². The summed E-state index contributed by atoms with van der Waals surface area (Å²) in [5.74, 6) is -0.0854. The van der Waals surface area contributed by atoms with E-state index in [-0.39, 0.29) is 11.9 Å². The van der Waals surface area contributed by atoms with Gasteiger partial charge in [-0.15, -0.1) is 0 Å². The Kier molecular flexibility index (Phi) is 3.84. The second kappa shape index (κ2) is 5.78. The molecule has 108 valence electrons. The number of halogens is 1. The third kappa shape index (κ3) is 3.03. The lowest BCUT2D eigenvalue weighted by atomic mass is 10.0. The lowest BCUT2D eigenvalue weighted by Crippen LogP contribution is -2.26. The highest BCUT2D eigenvalue weighted by molar-refractivity contribution is 6.30. The molecule has 0 unspecified atom stereocenters. The van der Waals surface area contributed by atoms with Crippen LogP contribution in [0.25, 0.3) is 0 Å². The van der Waals surface area contributed by atoms with E-state index in [0.717, 1.165) is 18.5 Å². The van der Waals surface area contributed by atoms with Crippen LogP contribution in [0.5, 0.6) is 0 Å². The van der Waals surface area contributed by atoms with Gasteiger partial charge in [0, 0.05) is 22.8 Å². The van der Waals surface area contributed by atoms with E-state index in [1.807, 2.05) is 6.92 Å². The monoisotopic (exact) mass is 300 g/mol. The van der Waals surface area contributed by atoms with Crippen LogP contribution in [0.4, 0.5) is 5.69 Å². The van der Waals surface area contributed by atoms with E-state index in [0.29, 0.717) is 10.6 Å². The number of carbonyl (C=O) groups is 1. The number of rotatable bonds is 3. The van der Waals surface area contributed by atoms with Crippen molar-refractivity contribution in [3.63, 3.8) is 0 Å². The van der Waals surface area contributed by atoms with Crippen molar-refractivity contribution in [2.45, 2.75) is 19.4 Å². The molecule has 0 aromatic heterocycles. The maximum Gasteiger partial charge on any atom is 0.251 e. The topological polar surface area (TPSA) is 41.1 Å². The van der Waals surface area contributed by atoms with Gasteiger partial charge in [0.2, 0.25) is 0 Å². The summed E-state index contributed by atoms with van der Waals surface area (Å²) in [5.41, 5.74) is 4.27. The Balaban J connectivity index is 1.72. The van der Waals surface area contributed by atoms with Crippen LogP contribution in [0, 0.1) is 0 Å². The zero-order valence-electron chi connectivity index (χ0n) is 11.8. The fourth-order valence-corrected chi connectivity index (χ4v) is 2.68. The van der Waals surface area contributed by atoms with Crippen molar-refractivity contribution >= 4 is 23.2 Å². The van der Waals surface area contributed by atoms with Crippen molar-refractivity contribution in [3.05, 3.63) is 64.2 Å². The maximum atomic E-state index is 12.2. The molecule has 2 aromatic rings. The zero-order valence-corrected chi connectivity index (χ0v) is 12.6. The summed E-state index contributed by atoms with van der Waals surface area (Å²) in [6.45, 7) is 2.99. The minimum atomic E-state index is -0.0854. The molecule has 1 amide bonds. The number of nitrogens with one attached hydrogen (secondary N) is 2. The van der Waals surface area contributed by atoms with Gasteiger partial charge in [0.15, 0.2) is 0 Å². The fraction of sp³-hybridized carbons (Fsp3) is 0.235. The van der Waals surface area contributed by atoms with Gasteiger partial charge in [-0.1, -0.05) is 23.7 Å². The first-order valence-electron chi connectivity index (χ1n) is 7.06. The minimum Gasteiger partial charge on any atom is -0.384 e. The van der Waals surface area contributed by atoms with E-state index < -0.39 is 0 Å². The van der Waals surface area contributed by atoms with Gasteiger partial charge in [-0.05, 0) is 54.8 Å². The Morgan fingerprint density at radius 2 is 2.00 bits per heavy atom. The van der Waals surface area contributed by atoms with Crippen LogP contribution in [0.2, 0.25) is 5.02 Å². The molecular weight excluding hydrogens is 284 g/mol. The summed E-state index contributed by atoms with van der Waals surface area (Å²) in [6.07, 6.45) is 1.04. The number of fused-ring (bicyclic) bond motifs is 1. The predicted molar refractivity (Wildman–Crippen MR) is 86.0 cm³/mol. The largest absolute Gasteiger partial charge is 0.384 e. The van der Waals surface area contributed by atoms with Crippen LogP contribution in [0.1, 0.15) is 34.5 Å². The Morgan fingerprint density at radius 1 is 1.24 bits per heavy atom. The Hall–Kier alpha value is -2.00. The summed E-state index contributed by atoms with van der Waals surface area (Å²) < 4.78 is 0. The van der Waals surface area contributed by atoms with Gasteiger partial charge in [0.05, 0.1) is 6.04 Å². The third-order valence-electron chi connectivity index (χ3n) is 3.79. The molecule has 0 saturated carbocycles. The Labute approximate surface area is 129 Å². The second-order valence-electron chi connectivity index (χ2n) is 5.30. The molecule has 2 aromatic carbocycles.